The van der Waals surface area contributed by atoms with Crippen molar-refractivity contribution in [3.8, 4) is 0 Å². The van der Waals surface area contributed by atoms with Gasteiger partial charge in [-0.15, -0.1) is 0 Å². The first-order valence-corrected chi connectivity index (χ1v) is 13.7. The summed E-state index contributed by atoms with van der Waals surface area (Å²) in [4.78, 5) is 30.2. The Morgan fingerprint density at radius 2 is 1.69 bits per heavy atom. The van der Waals surface area contributed by atoms with Crippen molar-refractivity contribution in [2.45, 2.75) is 45.1 Å². The van der Waals surface area contributed by atoms with Gasteiger partial charge in [0.25, 0.3) is 5.91 Å². The second kappa shape index (κ2) is 10.0. The molecule has 0 radical (unpaired) electrons. The van der Waals surface area contributed by atoms with Crippen LogP contribution in [0.3, 0.4) is 0 Å². The molecule has 2 heterocycles. The van der Waals surface area contributed by atoms with Crippen molar-refractivity contribution in [2.24, 2.45) is 10.9 Å². The first-order chi connectivity index (χ1) is 16.6. The summed E-state index contributed by atoms with van der Waals surface area (Å²) >= 11 is 1.36. The SMILES string of the molecule is COC(=O)Cn1c(=NC(=O)C2CCN(S(=O)(=O)c3ccc(C)cc3)CC2)sc2cc(C)c(C)cc21. The fraction of sp³-hybridized carbons (Fsp3) is 0.400. The average Bonchev–Trinajstić information content (AvgIpc) is 3.15. The zero-order chi connectivity index (χ0) is 25.3. The number of aryl methyl sites for hydroxylation is 3. The van der Waals surface area contributed by atoms with E-state index in [1.807, 2.05) is 32.9 Å². The van der Waals surface area contributed by atoms with Gasteiger partial charge < -0.3 is 9.30 Å². The molecule has 1 fully saturated rings. The molecule has 0 unspecified atom stereocenters. The van der Waals surface area contributed by atoms with Gasteiger partial charge in [0.2, 0.25) is 10.0 Å². The summed E-state index contributed by atoms with van der Waals surface area (Å²) in [7, 11) is -2.27. The van der Waals surface area contributed by atoms with Crippen molar-refractivity contribution in [3.63, 3.8) is 0 Å². The molecular formula is C25H29N3O5S2. The van der Waals surface area contributed by atoms with E-state index in [-0.39, 0.29) is 36.4 Å². The largest absolute Gasteiger partial charge is 0.468 e. The lowest BCUT2D eigenvalue weighted by molar-refractivity contribution is -0.141. The number of carbonyl (C=O) groups is 2. The lowest BCUT2D eigenvalue weighted by Crippen LogP contribution is -2.40. The van der Waals surface area contributed by atoms with Crippen molar-refractivity contribution < 1.29 is 22.7 Å². The van der Waals surface area contributed by atoms with Crippen LogP contribution < -0.4 is 4.80 Å². The van der Waals surface area contributed by atoms with Crippen molar-refractivity contribution in [1.29, 1.82) is 0 Å². The van der Waals surface area contributed by atoms with Gasteiger partial charge in [-0.2, -0.15) is 9.30 Å². The predicted octanol–water partition coefficient (Wildman–Crippen LogP) is 3.33. The van der Waals surface area contributed by atoms with E-state index in [2.05, 4.69) is 4.99 Å². The Morgan fingerprint density at radius 3 is 2.31 bits per heavy atom. The number of hydrogen-bond acceptors (Lipinski definition) is 6. The van der Waals surface area contributed by atoms with Crippen LogP contribution in [-0.4, -0.2) is 49.4 Å². The van der Waals surface area contributed by atoms with Crippen molar-refractivity contribution >= 4 is 43.5 Å². The monoisotopic (exact) mass is 515 g/mol. The van der Waals surface area contributed by atoms with E-state index >= 15 is 0 Å². The summed E-state index contributed by atoms with van der Waals surface area (Å²) in [6, 6.07) is 10.8. The molecule has 0 aliphatic carbocycles. The highest BCUT2D eigenvalue weighted by molar-refractivity contribution is 7.89. The normalized spacial score (nSPS) is 16.1. The zero-order valence-corrected chi connectivity index (χ0v) is 21.9. The van der Waals surface area contributed by atoms with Crippen LogP contribution in [0.1, 0.15) is 29.5 Å². The lowest BCUT2D eigenvalue weighted by atomic mass is 9.98. The Labute approximate surface area is 208 Å². The molecule has 1 aliphatic heterocycles. The first kappa shape index (κ1) is 25.3. The summed E-state index contributed by atoms with van der Waals surface area (Å²) < 4.78 is 34.9. The number of esters is 1. The van der Waals surface area contributed by atoms with Crippen molar-refractivity contribution in [1.82, 2.24) is 8.87 Å². The second-order valence-corrected chi connectivity index (χ2v) is 11.8. The molecule has 3 aromatic rings. The number of amides is 1. The number of thiazole rings is 1. The number of rotatable bonds is 5. The number of piperidine rings is 1. The second-order valence-electron chi connectivity index (χ2n) is 8.89. The number of nitrogens with zero attached hydrogens (tertiary/aromatic N) is 3. The molecule has 186 valence electrons. The van der Waals surface area contributed by atoms with Crippen LogP contribution in [0.25, 0.3) is 10.2 Å². The number of fused-ring (bicyclic) bond motifs is 1. The van der Waals surface area contributed by atoms with Crippen LogP contribution in [0, 0.1) is 26.7 Å². The maximum absolute atomic E-state index is 13.1. The molecule has 1 aromatic heterocycles. The van der Waals surface area contributed by atoms with Crippen LogP contribution in [-0.2, 0) is 30.9 Å². The summed E-state index contributed by atoms with van der Waals surface area (Å²) in [5.74, 6) is -1.10. The fourth-order valence-electron chi connectivity index (χ4n) is 4.14. The Morgan fingerprint density at radius 1 is 1.06 bits per heavy atom. The Kier molecular flexibility index (Phi) is 7.25. The van der Waals surface area contributed by atoms with Gasteiger partial charge in [0.05, 0.1) is 22.2 Å². The molecule has 1 aliphatic rings. The molecule has 8 nitrogen and oxygen atoms in total. The zero-order valence-electron chi connectivity index (χ0n) is 20.3. The number of ether oxygens (including phenoxy) is 1. The lowest BCUT2D eigenvalue weighted by Gasteiger charge is -2.29. The minimum absolute atomic E-state index is 0.0433. The molecule has 1 saturated heterocycles. The van der Waals surface area contributed by atoms with Crippen LogP contribution >= 0.6 is 11.3 Å². The number of carbonyl (C=O) groups excluding carboxylic acids is 2. The highest BCUT2D eigenvalue weighted by Crippen LogP contribution is 2.26. The maximum Gasteiger partial charge on any atom is 0.325 e. The van der Waals surface area contributed by atoms with E-state index in [1.54, 1.807) is 28.8 Å². The quantitative estimate of drug-likeness (QED) is 0.486. The highest BCUT2D eigenvalue weighted by Gasteiger charge is 2.32. The van der Waals surface area contributed by atoms with Gasteiger partial charge >= 0.3 is 5.97 Å². The summed E-state index contributed by atoms with van der Waals surface area (Å²) in [6.45, 7) is 6.39. The number of methoxy groups -OCH3 is 1. The van der Waals surface area contributed by atoms with Crippen LogP contribution in [0.5, 0.6) is 0 Å². The van der Waals surface area contributed by atoms with Gasteiger partial charge in [-0.05, 0) is 69.0 Å². The molecule has 0 bridgehead atoms. The fourth-order valence-corrected chi connectivity index (χ4v) is 6.73. The van der Waals surface area contributed by atoms with Crippen LogP contribution in [0.15, 0.2) is 46.3 Å². The summed E-state index contributed by atoms with van der Waals surface area (Å²) in [5, 5.41) is 0. The minimum atomic E-state index is -3.60. The molecule has 2 aromatic carbocycles. The summed E-state index contributed by atoms with van der Waals surface area (Å²) in [5.41, 5.74) is 4.01. The summed E-state index contributed by atoms with van der Waals surface area (Å²) in [6.07, 6.45) is 0.793. The van der Waals surface area contributed by atoms with Crippen molar-refractivity contribution in [2.75, 3.05) is 20.2 Å². The van der Waals surface area contributed by atoms with Crippen LogP contribution in [0.2, 0.25) is 0 Å². The molecule has 0 spiro atoms. The van der Waals surface area contributed by atoms with Gasteiger partial charge in [-0.25, -0.2) is 8.42 Å². The van der Waals surface area contributed by atoms with E-state index in [0.717, 1.165) is 26.9 Å². The van der Waals surface area contributed by atoms with Crippen molar-refractivity contribution in [3.05, 3.63) is 57.9 Å². The standard InChI is InChI=1S/C25H29N3O5S2/c1-16-5-7-20(8-6-16)35(31,32)27-11-9-19(10-12-27)24(30)26-25-28(15-23(29)33-4)21-13-17(2)18(3)14-22(21)34-25/h5-8,13-14,19H,9-12,15H2,1-4H3. The van der Waals surface area contributed by atoms with Gasteiger partial charge in [0.15, 0.2) is 4.80 Å². The third-order valence-corrected chi connectivity index (χ3v) is 9.43. The number of hydrogen-bond donors (Lipinski definition) is 0. The third-order valence-electron chi connectivity index (χ3n) is 6.48. The number of aromatic nitrogens is 1. The molecule has 0 atom stereocenters. The Hall–Kier alpha value is -2.82. The van der Waals surface area contributed by atoms with Gasteiger partial charge in [0, 0.05) is 19.0 Å². The van der Waals surface area contributed by atoms with E-state index in [4.69, 9.17) is 4.74 Å². The van der Waals surface area contributed by atoms with E-state index in [0.29, 0.717) is 17.6 Å². The Bertz CT molecular complexity index is 1440. The van der Waals surface area contributed by atoms with Gasteiger partial charge in [-0.1, -0.05) is 29.0 Å². The molecule has 1 amide bonds. The molecule has 35 heavy (non-hydrogen) atoms. The molecular weight excluding hydrogens is 486 g/mol. The molecule has 0 N–H and O–H groups in total. The molecule has 0 saturated carbocycles. The van der Waals surface area contributed by atoms with E-state index < -0.39 is 16.0 Å². The predicted molar refractivity (Wildman–Crippen MR) is 135 cm³/mol. The van der Waals surface area contributed by atoms with E-state index in [1.165, 1.54) is 22.8 Å². The minimum Gasteiger partial charge on any atom is -0.468 e. The number of benzene rings is 2. The average molecular weight is 516 g/mol. The smallest absolute Gasteiger partial charge is 0.325 e. The van der Waals surface area contributed by atoms with E-state index in [9.17, 15) is 18.0 Å². The third kappa shape index (κ3) is 5.24. The Balaban J connectivity index is 1.57. The van der Waals surface area contributed by atoms with Gasteiger partial charge in [-0.3, -0.25) is 9.59 Å². The topological polar surface area (TPSA) is 98.0 Å². The highest BCUT2D eigenvalue weighted by atomic mass is 32.2. The molecule has 4 rings (SSSR count). The number of sulfonamides is 1. The molecule has 10 heteroatoms. The first-order valence-electron chi connectivity index (χ1n) is 11.4. The van der Waals surface area contributed by atoms with Crippen LogP contribution in [0.4, 0.5) is 0 Å². The van der Waals surface area contributed by atoms with Gasteiger partial charge in [0.1, 0.15) is 6.54 Å². The maximum atomic E-state index is 13.1.